The summed E-state index contributed by atoms with van der Waals surface area (Å²) in [6, 6.07) is 9.24. The SMILES string of the molecule is C=Cc1cc2ncnc(Nc3ccc4scnc4c3)c2cc1S(=O)(=O)C(C)(C)C. The normalized spacial score (nSPS) is 12.4. The molecule has 4 aromatic rings. The van der Waals surface area contributed by atoms with E-state index in [0.29, 0.717) is 22.3 Å². The van der Waals surface area contributed by atoms with E-state index in [-0.39, 0.29) is 4.90 Å². The molecular weight excluding hydrogens is 404 g/mol. The number of hydrogen-bond donors (Lipinski definition) is 1. The summed E-state index contributed by atoms with van der Waals surface area (Å²) in [5.41, 5.74) is 4.68. The number of nitrogens with zero attached hydrogens (tertiary/aromatic N) is 3. The highest BCUT2D eigenvalue weighted by Crippen LogP contribution is 2.34. The van der Waals surface area contributed by atoms with Crippen LogP contribution >= 0.6 is 11.3 Å². The van der Waals surface area contributed by atoms with Gasteiger partial charge in [-0.3, -0.25) is 0 Å². The predicted molar refractivity (Wildman–Crippen MR) is 119 cm³/mol. The molecule has 4 rings (SSSR count). The van der Waals surface area contributed by atoms with Crippen LogP contribution in [0.25, 0.3) is 27.2 Å². The van der Waals surface area contributed by atoms with Crippen molar-refractivity contribution < 1.29 is 8.42 Å². The first kappa shape index (κ1) is 19.5. The maximum Gasteiger partial charge on any atom is 0.183 e. The van der Waals surface area contributed by atoms with Crippen molar-refractivity contribution in [3.63, 3.8) is 0 Å². The molecule has 0 saturated carbocycles. The van der Waals surface area contributed by atoms with Crippen LogP contribution in [0.2, 0.25) is 0 Å². The van der Waals surface area contributed by atoms with E-state index in [9.17, 15) is 8.42 Å². The molecule has 6 nitrogen and oxygen atoms in total. The minimum atomic E-state index is -3.58. The Morgan fingerprint density at radius 2 is 1.86 bits per heavy atom. The molecule has 0 fully saturated rings. The third-order valence-electron chi connectivity index (χ3n) is 4.68. The van der Waals surface area contributed by atoms with Gasteiger partial charge in [0.15, 0.2) is 9.84 Å². The molecule has 0 atom stereocenters. The quantitative estimate of drug-likeness (QED) is 0.485. The molecule has 2 aromatic heterocycles. The van der Waals surface area contributed by atoms with E-state index in [2.05, 4.69) is 26.8 Å². The Bertz CT molecular complexity index is 1350. The number of nitrogens with one attached hydrogen (secondary N) is 1. The number of anilines is 2. The molecule has 8 heteroatoms. The Labute approximate surface area is 173 Å². The Balaban J connectivity index is 1.89. The summed E-state index contributed by atoms with van der Waals surface area (Å²) in [5, 5.41) is 3.90. The van der Waals surface area contributed by atoms with E-state index in [1.807, 2.05) is 18.2 Å². The fraction of sp³-hybridized carbons (Fsp3) is 0.190. The van der Waals surface area contributed by atoms with Gasteiger partial charge in [-0.25, -0.2) is 23.4 Å². The average molecular weight is 425 g/mol. The van der Waals surface area contributed by atoms with Crippen LogP contribution in [0, 0.1) is 0 Å². The highest BCUT2D eigenvalue weighted by molar-refractivity contribution is 7.92. The average Bonchev–Trinajstić information content (AvgIpc) is 3.14. The molecule has 0 aliphatic carbocycles. The van der Waals surface area contributed by atoms with Gasteiger partial charge in [0.1, 0.15) is 12.1 Å². The Hall–Kier alpha value is -2.84. The molecule has 1 N–H and O–H groups in total. The molecule has 0 spiro atoms. The third-order valence-corrected chi connectivity index (χ3v) is 8.03. The van der Waals surface area contributed by atoms with Gasteiger partial charge in [-0.15, -0.1) is 11.3 Å². The second kappa shape index (κ2) is 6.89. The first-order chi connectivity index (χ1) is 13.7. The molecule has 148 valence electrons. The molecule has 0 aliphatic rings. The summed E-state index contributed by atoms with van der Waals surface area (Å²) < 4.78 is 26.4. The fourth-order valence-electron chi connectivity index (χ4n) is 2.99. The van der Waals surface area contributed by atoms with Crippen molar-refractivity contribution in [2.75, 3.05) is 5.32 Å². The van der Waals surface area contributed by atoms with E-state index < -0.39 is 14.6 Å². The van der Waals surface area contributed by atoms with E-state index in [4.69, 9.17) is 0 Å². The van der Waals surface area contributed by atoms with Gasteiger partial charge in [0, 0.05) is 11.1 Å². The number of hydrogen-bond acceptors (Lipinski definition) is 7. The second-order valence-corrected chi connectivity index (χ2v) is 11.2. The highest BCUT2D eigenvalue weighted by Gasteiger charge is 2.33. The first-order valence-electron chi connectivity index (χ1n) is 8.97. The molecule has 0 bridgehead atoms. The largest absolute Gasteiger partial charge is 0.340 e. The van der Waals surface area contributed by atoms with Crippen LogP contribution in [0.1, 0.15) is 26.3 Å². The number of benzene rings is 2. The zero-order valence-corrected chi connectivity index (χ0v) is 17.9. The van der Waals surface area contributed by atoms with Crippen molar-refractivity contribution in [1.82, 2.24) is 15.0 Å². The number of aromatic nitrogens is 3. The molecule has 0 radical (unpaired) electrons. The van der Waals surface area contributed by atoms with Crippen LogP contribution in [0.3, 0.4) is 0 Å². The summed E-state index contributed by atoms with van der Waals surface area (Å²) >= 11 is 1.58. The van der Waals surface area contributed by atoms with Crippen LogP contribution in [0.4, 0.5) is 11.5 Å². The number of thiazole rings is 1. The lowest BCUT2D eigenvalue weighted by Gasteiger charge is -2.21. The minimum absolute atomic E-state index is 0.223. The van der Waals surface area contributed by atoms with Crippen LogP contribution in [0.5, 0.6) is 0 Å². The van der Waals surface area contributed by atoms with Gasteiger partial charge in [-0.05, 0) is 56.7 Å². The summed E-state index contributed by atoms with van der Waals surface area (Å²) in [7, 11) is -3.58. The summed E-state index contributed by atoms with van der Waals surface area (Å²) in [6.45, 7) is 8.83. The van der Waals surface area contributed by atoms with Crippen molar-refractivity contribution >= 4 is 59.9 Å². The molecule has 2 aromatic carbocycles. The Morgan fingerprint density at radius 1 is 1.07 bits per heavy atom. The lowest BCUT2D eigenvalue weighted by atomic mass is 10.1. The van der Waals surface area contributed by atoms with E-state index >= 15 is 0 Å². The summed E-state index contributed by atoms with van der Waals surface area (Å²) in [6.07, 6.45) is 3.00. The summed E-state index contributed by atoms with van der Waals surface area (Å²) in [4.78, 5) is 13.2. The van der Waals surface area contributed by atoms with Crippen molar-refractivity contribution in [2.24, 2.45) is 0 Å². The maximum absolute atomic E-state index is 13.1. The van der Waals surface area contributed by atoms with Crippen molar-refractivity contribution in [3.8, 4) is 0 Å². The van der Waals surface area contributed by atoms with E-state index in [1.54, 1.807) is 55.8 Å². The van der Waals surface area contributed by atoms with Gasteiger partial charge in [0.25, 0.3) is 0 Å². The van der Waals surface area contributed by atoms with Gasteiger partial charge in [0.2, 0.25) is 0 Å². The lowest BCUT2D eigenvalue weighted by Crippen LogP contribution is -2.28. The molecule has 29 heavy (non-hydrogen) atoms. The van der Waals surface area contributed by atoms with E-state index in [1.165, 1.54) is 6.33 Å². The molecule has 0 unspecified atom stereocenters. The zero-order valence-electron chi connectivity index (χ0n) is 16.3. The third kappa shape index (κ3) is 3.38. The van der Waals surface area contributed by atoms with E-state index in [0.717, 1.165) is 15.9 Å². The zero-order chi connectivity index (χ0) is 20.8. The second-order valence-electron chi connectivity index (χ2n) is 7.61. The number of rotatable bonds is 4. The molecule has 0 aliphatic heterocycles. The van der Waals surface area contributed by atoms with Gasteiger partial charge < -0.3 is 5.32 Å². The summed E-state index contributed by atoms with van der Waals surface area (Å²) in [5.74, 6) is 0.533. The predicted octanol–water partition coefficient (Wildman–Crippen LogP) is 5.20. The van der Waals surface area contributed by atoms with Crippen LogP contribution in [-0.4, -0.2) is 28.1 Å². The fourth-order valence-corrected chi connectivity index (χ4v) is 5.04. The standard InChI is InChI=1S/C21H20N4O2S2/c1-5-13-8-16-15(10-19(13)29(26,27)21(2,3)4)20(23-11-22-16)25-14-6-7-18-17(9-14)24-12-28-18/h5-12H,1H2,2-4H3,(H,22,23,25). The van der Waals surface area contributed by atoms with Crippen LogP contribution in [0.15, 0.2) is 53.6 Å². The topological polar surface area (TPSA) is 84.8 Å². The Morgan fingerprint density at radius 3 is 2.59 bits per heavy atom. The number of sulfone groups is 1. The Kier molecular flexibility index (Phi) is 4.63. The van der Waals surface area contributed by atoms with Crippen molar-refractivity contribution in [1.29, 1.82) is 0 Å². The van der Waals surface area contributed by atoms with Gasteiger partial charge >= 0.3 is 0 Å². The van der Waals surface area contributed by atoms with Gasteiger partial charge in [-0.2, -0.15) is 0 Å². The molecule has 0 amide bonds. The monoisotopic (exact) mass is 424 g/mol. The van der Waals surface area contributed by atoms with Crippen molar-refractivity contribution in [2.45, 2.75) is 30.4 Å². The lowest BCUT2D eigenvalue weighted by molar-refractivity contribution is 0.560. The molecule has 2 heterocycles. The van der Waals surface area contributed by atoms with Gasteiger partial charge in [0.05, 0.1) is 30.9 Å². The molecular formula is C21H20N4O2S2. The highest BCUT2D eigenvalue weighted by atomic mass is 32.2. The van der Waals surface area contributed by atoms with Crippen LogP contribution in [-0.2, 0) is 9.84 Å². The molecule has 0 saturated heterocycles. The smallest absolute Gasteiger partial charge is 0.183 e. The van der Waals surface area contributed by atoms with Gasteiger partial charge in [-0.1, -0.05) is 12.7 Å². The number of fused-ring (bicyclic) bond motifs is 2. The van der Waals surface area contributed by atoms with Crippen molar-refractivity contribution in [3.05, 3.63) is 54.3 Å². The first-order valence-corrected chi connectivity index (χ1v) is 11.3. The minimum Gasteiger partial charge on any atom is -0.340 e. The maximum atomic E-state index is 13.1. The van der Waals surface area contributed by atoms with Crippen LogP contribution < -0.4 is 5.32 Å².